The smallest absolute Gasteiger partial charge is 0.249 e. The number of carbonyl (C=O) groups excluding carboxylic acids is 1. The van der Waals surface area contributed by atoms with Gasteiger partial charge < -0.3 is 5.32 Å². The molecule has 0 aliphatic rings. The first-order chi connectivity index (χ1) is 8.59. The summed E-state index contributed by atoms with van der Waals surface area (Å²) >= 11 is 6.00. The number of nitrogens with zero attached hydrogens (tertiary/aromatic N) is 3. The number of carbonyl (C=O) groups is 1. The summed E-state index contributed by atoms with van der Waals surface area (Å²) in [7, 11) is 0. The quantitative estimate of drug-likeness (QED) is 0.926. The number of amides is 1. The van der Waals surface area contributed by atoms with Crippen molar-refractivity contribution in [3.8, 4) is 0 Å². The molecule has 0 saturated carbocycles. The molecular formula is C12H13ClN4O. The highest BCUT2D eigenvalue weighted by Gasteiger charge is 2.16. The molecule has 0 fully saturated rings. The van der Waals surface area contributed by atoms with Gasteiger partial charge in [-0.2, -0.15) is 5.10 Å². The largest absolute Gasteiger partial charge is 0.324 e. The van der Waals surface area contributed by atoms with Crippen LogP contribution in [-0.4, -0.2) is 20.7 Å². The van der Waals surface area contributed by atoms with Crippen LogP contribution in [0.5, 0.6) is 0 Å². The maximum atomic E-state index is 12.0. The molecule has 1 unspecified atom stereocenters. The normalized spacial score (nSPS) is 12.2. The third kappa shape index (κ3) is 2.51. The van der Waals surface area contributed by atoms with Crippen molar-refractivity contribution >= 4 is 23.2 Å². The Morgan fingerprint density at radius 3 is 2.94 bits per heavy atom. The van der Waals surface area contributed by atoms with Crippen molar-refractivity contribution in [3.63, 3.8) is 0 Å². The number of hydrogen-bond donors (Lipinski definition) is 1. The molecule has 1 atom stereocenters. The minimum absolute atomic E-state index is 0.161. The molecule has 6 heteroatoms. The Morgan fingerprint density at radius 1 is 1.50 bits per heavy atom. The fraction of sp³-hybridized carbons (Fsp3) is 0.250. The van der Waals surface area contributed by atoms with Crippen LogP contribution < -0.4 is 5.32 Å². The number of aromatic nitrogens is 3. The van der Waals surface area contributed by atoms with E-state index in [1.165, 1.54) is 17.3 Å². The van der Waals surface area contributed by atoms with Crippen molar-refractivity contribution in [2.75, 3.05) is 5.32 Å². The molecule has 2 rings (SSSR count). The van der Waals surface area contributed by atoms with Crippen LogP contribution in [0.4, 0.5) is 5.69 Å². The van der Waals surface area contributed by atoms with E-state index < -0.39 is 6.04 Å². The minimum Gasteiger partial charge on any atom is -0.324 e. The zero-order chi connectivity index (χ0) is 13.1. The summed E-state index contributed by atoms with van der Waals surface area (Å²) < 4.78 is 1.50. The Kier molecular flexibility index (Phi) is 3.62. The topological polar surface area (TPSA) is 59.8 Å². The lowest BCUT2D eigenvalue weighted by molar-refractivity contribution is -0.119. The first kappa shape index (κ1) is 12.6. The van der Waals surface area contributed by atoms with E-state index in [-0.39, 0.29) is 5.91 Å². The van der Waals surface area contributed by atoms with Crippen LogP contribution in [0.15, 0.2) is 30.9 Å². The summed E-state index contributed by atoms with van der Waals surface area (Å²) in [4.78, 5) is 15.8. The molecule has 18 heavy (non-hydrogen) atoms. The molecule has 0 saturated heterocycles. The Balaban J connectivity index is 2.14. The second kappa shape index (κ2) is 5.18. The maximum Gasteiger partial charge on any atom is 0.249 e. The van der Waals surface area contributed by atoms with Gasteiger partial charge in [-0.15, -0.1) is 0 Å². The number of anilines is 1. The number of hydrogen-bond acceptors (Lipinski definition) is 3. The Morgan fingerprint density at radius 2 is 2.28 bits per heavy atom. The van der Waals surface area contributed by atoms with Gasteiger partial charge in [0.2, 0.25) is 5.91 Å². The SMILES string of the molecule is Cc1c(Cl)cccc1NC(=O)C(C)n1cncn1. The highest BCUT2D eigenvalue weighted by molar-refractivity contribution is 6.31. The monoisotopic (exact) mass is 264 g/mol. The second-order valence-electron chi connectivity index (χ2n) is 3.95. The van der Waals surface area contributed by atoms with E-state index in [1.54, 1.807) is 19.1 Å². The van der Waals surface area contributed by atoms with E-state index in [2.05, 4.69) is 15.4 Å². The summed E-state index contributed by atoms with van der Waals surface area (Å²) in [5.74, 6) is -0.161. The fourth-order valence-corrected chi connectivity index (χ4v) is 1.69. The van der Waals surface area contributed by atoms with Gasteiger partial charge >= 0.3 is 0 Å². The molecule has 1 aromatic carbocycles. The Labute approximate surface area is 110 Å². The molecular weight excluding hydrogens is 252 g/mol. The van der Waals surface area contributed by atoms with Crippen LogP contribution in [0, 0.1) is 6.92 Å². The predicted octanol–water partition coefficient (Wildman–Crippen LogP) is 2.44. The molecule has 0 aliphatic heterocycles. The molecule has 2 aromatic rings. The van der Waals surface area contributed by atoms with Gasteiger partial charge in [-0.05, 0) is 31.5 Å². The highest BCUT2D eigenvalue weighted by Crippen LogP contribution is 2.23. The third-order valence-corrected chi connectivity index (χ3v) is 3.15. The molecule has 94 valence electrons. The van der Waals surface area contributed by atoms with Gasteiger partial charge in [0.15, 0.2) is 0 Å². The molecule has 5 nitrogen and oxygen atoms in total. The molecule has 1 heterocycles. The van der Waals surface area contributed by atoms with Crippen molar-refractivity contribution in [3.05, 3.63) is 41.4 Å². The zero-order valence-electron chi connectivity index (χ0n) is 10.1. The van der Waals surface area contributed by atoms with Gasteiger partial charge in [0, 0.05) is 10.7 Å². The summed E-state index contributed by atoms with van der Waals surface area (Å²) in [5.41, 5.74) is 1.55. The van der Waals surface area contributed by atoms with Gasteiger partial charge in [-0.25, -0.2) is 9.67 Å². The van der Waals surface area contributed by atoms with Crippen LogP contribution in [-0.2, 0) is 4.79 Å². The van der Waals surface area contributed by atoms with Crippen molar-refractivity contribution in [2.45, 2.75) is 19.9 Å². The Hall–Kier alpha value is -1.88. The molecule has 1 N–H and O–H groups in total. The van der Waals surface area contributed by atoms with E-state index in [0.29, 0.717) is 10.7 Å². The molecule has 0 bridgehead atoms. The number of nitrogens with one attached hydrogen (secondary N) is 1. The van der Waals surface area contributed by atoms with E-state index in [1.807, 2.05) is 13.0 Å². The summed E-state index contributed by atoms with van der Waals surface area (Å²) in [6, 6.07) is 4.97. The van der Waals surface area contributed by atoms with E-state index in [0.717, 1.165) is 5.56 Å². The minimum atomic E-state index is -0.425. The van der Waals surface area contributed by atoms with E-state index in [4.69, 9.17) is 11.6 Å². The molecule has 0 aliphatic carbocycles. The van der Waals surface area contributed by atoms with E-state index in [9.17, 15) is 4.79 Å². The molecule has 1 amide bonds. The lowest BCUT2D eigenvalue weighted by Crippen LogP contribution is -2.24. The van der Waals surface area contributed by atoms with Crippen LogP contribution in [0.25, 0.3) is 0 Å². The standard InChI is InChI=1S/C12H13ClN4O/c1-8-10(13)4-3-5-11(8)16-12(18)9(2)17-7-14-6-15-17/h3-7,9H,1-2H3,(H,16,18). The molecule has 1 aromatic heterocycles. The second-order valence-corrected chi connectivity index (χ2v) is 4.36. The number of benzene rings is 1. The van der Waals surface area contributed by atoms with Gasteiger partial charge in [0.25, 0.3) is 0 Å². The number of rotatable bonds is 3. The third-order valence-electron chi connectivity index (χ3n) is 2.74. The van der Waals surface area contributed by atoms with Gasteiger partial charge in [0.05, 0.1) is 0 Å². The van der Waals surface area contributed by atoms with Gasteiger partial charge in [-0.3, -0.25) is 4.79 Å². The van der Waals surface area contributed by atoms with E-state index >= 15 is 0 Å². The van der Waals surface area contributed by atoms with Crippen LogP contribution in [0.2, 0.25) is 5.02 Å². The Bertz CT molecular complexity index is 553. The predicted molar refractivity (Wildman–Crippen MR) is 69.6 cm³/mol. The first-order valence-electron chi connectivity index (χ1n) is 5.49. The molecule has 0 radical (unpaired) electrons. The van der Waals surface area contributed by atoms with Crippen molar-refractivity contribution < 1.29 is 4.79 Å². The lowest BCUT2D eigenvalue weighted by atomic mass is 10.2. The summed E-state index contributed by atoms with van der Waals surface area (Å²) in [5, 5.41) is 7.39. The van der Waals surface area contributed by atoms with Crippen LogP contribution in [0.1, 0.15) is 18.5 Å². The lowest BCUT2D eigenvalue weighted by Gasteiger charge is -2.14. The van der Waals surface area contributed by atoms with Crippen LogP contribution in [0.3, 0.4) is 0 Å². The summed E-state index contributed by atoms with van der Waals surface area (Å²) in [6.45, 7) is 3.61. The zero-order valence-corrected chi connectivity index (χ0v) is 10.8. The highest BCUT2D eigenvalue weighted by atomic mass is 35.5. The maximum absolute atomic E-state index is 12.0. The van der Waals surface area contributed by atoms with Crippen molar-refractivity contribution in [2.24, 2.45) is 0 Å². The van der Waals surface area contributed by atoms with Gasteiger partial charge in [-0.1, -0.05) is 17.7 Å². The number of halogens is 1. The fourth-order valence-electron chi connectivity index (χ4n) is 1.52. The van der Waals surface area contributed by atoms with Crippen molar-refractivity contribution in [1.29, 1.82) is 0 Å². The summed E-state index contributed by atoms with van der Waals surface area (Å²) in [6.07, 6.45) is 2.91. The average Bonchev–Trinajstić information content (AvgIpc) is 2.87. The van der Waals surface area contributed by atoms with Crippen LogP contribution >= 0.6 is 11.6 Å². The van der Waals surface area contributed by atoms with Gasteiger partial charge in [0.1, 0.15) is 18.7 Å². The van der Waals surface area contributed by atoms with Crippen molar-refractivity contribution in [1.82, 2.24) is 14.8 Å². The molecule has 0 spiro atoms. The first-order valence-corrected chi connectivity index (χ1v) is 5.87. The average molecular weight is 265 g/mol.